The number of ether oxygens (including phenoxy) is 2. The molecule has 0 aromatic carbocycles. The molecule has 1 N–H and O–H groups in total. The first-order valence-corrected chi connectivity index (χ1v) is 14.3. The number of hydrogen-bond acceptors (Lipinski definition) is 6. The topological polar surface area (TPSA) is 102 Å². The third kappa shape index (κ3) is 6.72. The fourth-order valence-corrected chi connectivity index (χ4v) is 6.06. The van der Waals surface area contributed by atoms with Crippen LogP contribution in [0.1, 0.15) is 107 Å². The van der Waals surface area contributed by atoms with Crippen molar-refractivity contribution >= 4 is 21.9 Å². The zero-order valence-electron chi connectivity index (χ0n) is 22.4. The summed E-state index contributed by atoms with van der Waals surface area (Å²) in [6.07, 6.45) is 5.99. The van der Waals surface area contributed by atoms with Crippen molar-refractivity contribution in [3.8, 4) is 0 Å². The molecule has 0 unspecified atom stereocenters. The number of carbonyl (C=O) groups is 2. The highest BCUT2D eigenvalue weighted by molar-refractivity contribution is 7.91. The summed E-state index contributed by atoms with van der Waals surface area (Å²) in [6, 6.07) is -0.592. The van der Waals surface area contributed by atoms with Crippen molar-refractivity contribution in [1.29, 1.82) is 0 Å². The zero-order chi connectivity index (χ0) is 25.9. The second kappa shape index (κ2) is 10.8. The van der Waals surface area contributed by atoms with E-state index in [0.717, 1.165) is 32.1 Å². The van der Waals surface area contributed by atoms with Crippen molar-refractivity contribution in [2.45, 2.75) is 135 Å². The number of Topliss-reactive ketones (excluding diaryl/α,β-unsaturated/α-hetero) is 1. The highest BCUT2D eigenvalue weighted by atomic mass is 32.2. The van der Waals surface area contributed by atoms with E-state index in [1.54, 1.807) is 34.6 Å². The Bertz CT molecular complexity index is 825. The number of ketones is 1. The summed E-state index contributed by atoms with van der Waals surface area (Å²) in [5.74, 6) is -0.185. The molecule has 0 radical (unpaired) electrons. The molecule has 2 aliphatic rings. The number of nitrogens with one attached hydrogen (secondary N) is 1. The summed E-state index contributed by atoms with van der Waals surface area (Å²) in [5, 5.41) is 0. The number of nitrogens with zero attached hydrogens (tertiary/aromatic N) is 1. The Kier molecular flexibility index (Phi) is 9.25. The van der Waals surface area contributed by atoms with Crippen molar-refractivity contribution in [3.05, 3.63) is 0 Å². The molecule has 1 aliphatic heterocycles. The Balaban J connectivity index is 2.40. The standard InChI is InChI=1S/C25H46N2O6S/c1-9-10-16-26-34(30,31)24(5,6)21(28)20-19(17-18-14-12-11-13-15-18)27(25(7,8)32-20)22(29)33-23(2,3)4/h18-20,26H,9-17H2,1-8H3/t19-,20+/m0/s1. The molecule has 2 rings (SSSR count). The van der Waals surface area contributed by atoms with Gasteiger partial charge in [-0.05, 0) is 67.2 Å². The van der Waals surface area contributed by atoms with Gasteiger partial charge in [0, 0.05) is 6.54 Å². The fraction of sp³-hybridized carbons (Fsp3) is 0.920. The number of carbonyl (C=O) groups excluding carboxylic acids is 2. The van der Waals surface area contributed by atoms with E-state index in [9.17, 15) is 18.0 Å². The Hall–Kier alpha value is -1.19. The highest BCUT2D eigenvalue weighted by Gasteiger charge is 2.58. The number of sulfonamides is 1. The summed E-state index contributed by atoms with van der Waals surface area (Å²) in [6.45, 7) is 14.0. The normalized spacial score (nSPS) is 24.3. The molecule has 9 heteroatoms. The van der Waals surface area contributed by atoms with E-state index in [4.69, 9.17) is 9.47 Å². The first-order valence-electron chi connectivity index (χ1n) is 12.8. The first-order chi connectivity index (χ1) is 15.5. The predicted octanol–water partition coefficient (Wildman–Crippen LogP) is 4.76. The average Bonchev–Trinajstić information content (AvgIpc) is 2.96. The van der Waals surface area contributed by atoms with Gasteiger partial charge in [0.15, 0.2) is 5.78 Å². The van der Waals surface area contributed by atoms with Gasteiger partial charge in [0.2, 0.25) is 10.0 Å². The van der Waals surface area contributed by atoms with Crippen molar-refractivity contribution in [1.82, 2.24) is 9.62 Å². The molecular weight excluding hydrogens is 456 g/mol. The van der Waals surface area contributed by atoms with Crippen LogP contribution in [-0.2, 0) is 24.3 Å². The van der Waals surface area contributed by atoms with E-state index in [0.29, 0.717) is 18.8 Å². The first kappa shape index (κ1) is 29.0. The maximum absolute atomic E-state index is 13.8. The van der Waals surface area contributed by atoms with Gasteiger partial charge in [-0.1, -0.05) is 45.4 Å². The SMILES string of the molecule is CCCCNS(=O)(=O)C(C)(C)C(=O)[C@@H]1OC(C)(C)N(C(=O)OC(C)(C)C)[C@H]1CC1CCCCC1. The molecule has 2 fully saturated rings. The van der Waals surface area contributed by atoms with Crippen molar-refractivity contribution in [2.75, 3.05) is 6.54 Å². The Morgan fingerprint density at radius 2 is 1.68 bits per heavy atom. The van der Waals surface area contributed by atoms with E-state index in [2.05, 4.69) is 4.72 Å². The van der Waals surface area contributed by atoms with Crippen LogP contribution in [0.3, 0.4) is 0 Å². The Morgan fingerprint density at radius 1 is 1.09 bits per heavy atom. The van der Waals surface area contributed by atoms with Crippen LogP contribution in [0.5, 0.6) is 0 Å². The van der Waals surface area contributed by atoms with Gasteiger partial charge in [0.05, 0.1) is 6.04 Å². The summed E-state index contributed by atoms with van der Waals surface area (Å²) in [5.41, 5.74) is -1.83. The van der Waals surface area contributed by atoms with Crippen LogP contribution < -0.4 is 4.72 Å². The van der Waals surface area contributed by atoms with Gasteiger partial charge in [-0.3, -0.25) is 9.69 Å². The van der Waals surface area contributed by atoms with Crippen LogP contribution in [0, 0.1) is 5.92 Å². The van der Waals surface area contributed by atoms with Gasteiger partial charge in [0.1, 0.15) is 22.2 Å². The maximum Gasteiger partial charge on any atom is 0.412 e. The minimum Gasteiger partial charge on any atom is -0.444 e. The van der Waals surface area contributed by atoms with Gasteiger partial charge < -0.3 is 9.47 Å². The highest BCUT2D eigenvalue weighted by Crippen LogP contribution is 2.41. The second-order valence-corrected chi connectivity index (χ2v) is 14.1. The molecule has 0 aromatic rings. The van der Waals surface area contributed by atoms with Crippen LogP contribution >= 0.6 is 0 Å². The molecule has 0 bridgehead atoms. The van der Waals surface area contributed by atoms with Gasteiger partial charge in [-0.15, -0.1) is 0 Å². The molecule has 1 saturated heterocycles. The van der Waals surface area contributed by atoms with Gasteiger partial charge in [0.25, 0.3) is 0 Å². The van der Waals surface area contributed by atoms with Crippen LogP contribution in [-0.4, -0.2) is 60.0 Å². The number of hydrogen-bond donors (Lipinski definition) is 1. The lowest BCUT2D eigenvalue weighted by Gasteiger charge is -2.37. The molecule has 1 saturated carbocycles. The largest absolute Gasteiger partial charge is 0.444 e. The summed E-state index contributed by atoms with van der Waals surface area (Å²) in [4.78, 5) is 28.6. The van der Waals surface area contributed by atoms with E-state index in [-0.39, 0.29) is 6.54 Å². The minimum atomic E-state index is -3.94. The third-order valence-electron chi connectivity index (χ3n) is 6.91. The lowest BCUT2D eigenvalue weighted by Crippen LogP contribution is -2.55. The molecule has 0 aromatic heterocycles. The summed E-state index contributed by atoms with van der Waals surface area (Å²) in [7, 11) is -3.94. The van der Waals surface area contributed by atoms with Crippen LogP contribution in [0.15, 0.2) is 0 Å². The zero-order valence-corrected chi connectivity index (χ0v) is 23.2. The van der Waals surface area contributed by atoms with Crippen molar-refractivity contribution < 1.29 is 27.5 Å². The van der Waals surface area contributed by atoms with Crippen LogP contribution in [0.2, 0.25) is 0 Å². The predicted molar refractivity (Wildman–Crippen MR) is 133 cm³/mol. The lowest BCUT2D eigenvalue weighted by molar-refractivity contribution is -0.138. The molecule has 1 heterocycles. The third-order valence-corrected chi connectivity index (χ3v) is 9.04. The molecule has 1 aliphatic carbocycles. The van der Waals surface area contributed by atoms with Gasteiger partial charge in [-0.2, -0.15) is 0 Å². The Labute approximate surface area is 206 Å². The van der Waals surface area contributed by atoms with E-state index in [1.165, 1.54) is 25.2 Å². The fourth-order valence-electron chi connectivity index (χ4n) is 4.91. The number of amides is 1. The monoisotopic (exact) mass is 502 g/mol. The van der Waals surface area contributed by atoms with E-state index in [1.807, 2.05) is 6.92 Å². The molecule has 8 nitrogen and oxygen atoms in total. The minimum absolute atomic E-state index is 0.280. The molecule has 198 valence electrons. The van der Waals surface area contributed by atoms with Crippen molar-refractivity contribution in [3.63, 3.8) is 0 Å². The molecular formula is C25H46N2O6S. The maximum atomic E-state index is 13.8. The van der Waals surface area contributed by atoms with Gasteiger partial charge >= 0.3 is 6.09 Å². The Morgan fingerprint density at radius 3 is 2.21 bits per heavy atom. The molecule has 0 spiro atoms. The number of unbranched alkanes of at least 4 members (excludes halogenated alkanes) is 1. The van der Waals surface area contributed by atoms with Crippen LogP contribution in [0.25, 0.3) is 0 Å². The van der Waals surface area contributed by atoms with Gasteiger partial charge in [-0.25, -0.2) is 17.9 Å². The quantitative estimate of drug-likeness (QED) is 0.456. The average molecular weight is 503 g/mol. The smallest absolute Gasteiger partial charge is 0.412 e. The van der Waals surface area contributed by atoms with Crippen LogP contribution in [0.4, 0.5) is 4.79 Å². The lowest BCUT2D eigenvalue weighted by atomic mass is 9.82. The summed E-state index contributed by atoms with van der Waals surface area (Å²) < 4.78 is 38.9. The van der Waals surface area contributed by atoms with E-state index < -0.39 is 50.1 Å². The second-order valence-electron chi connectivity index (χ2n) is 11.8. The van der Waals surface area contributed by atoms with Crippen molar-refractivity contribution in [2.24, 2.45) is 5.92 Å². The molecule has 2 atom stereocenters. The van der Waals surface area contributed by atoms with E-state index >= 15 is 0 Å². The molecule has 34 heavy (non-hydrogen) atoms. The summed E-state index contributed by atoms with van der Waals surface area (Å²) >= 11 is 0. The number of rotatable bonds is 9. The molecule has 1 amide bonds.